The number of hydrogen-bond acceptors (Lipinski definition) is 3. The molecule has 2 aromatic rings. The molecule has 0 radical (unpaired) electrons. The van der Waals surface area contributed by atoms with Crippen molar-refractivity contribution in [1.29, 1.82) is 0 Å². The number of fused-ring (bicyclic) bond motifs is 1. The predicted octanol–water partition coefficient (Wildman–Crippen LogP) is 1.46. The molecule has 3 rings (SSSR count). The highest BCUT2D eigenvalue weighted by molar-refractivity contribution is 5.99. The zero-order valence-electron chi connectivity index (χ0n) is 12.7. The second kappa shape index (κ2) is 5.37. The SMILES string of the molecule is Cc1cc(F)cc2[nH]c(C(=O)NC(C)C3(O)CCNC3)cc12. The summed E-state index contributed by atoms with van der Waals surface area (Å²) in [6.07, 6.45) is 0.603. The average molecular weight is 305 g/mol. The number of β-amino-alcohol motifs (C(OH)–C–C–N with tert-alkyl or cyclic N) is 1. The maximum atomic E-state index is 13.4. The molecule has 2 heterocycles. The fraction of sp³-hybridized carbons (Fsp3) is 0.438. The van der Waals surface area contributed by atoms with E-state index in [0.29, 0.717) is 24.2 Å². The zero-order chi connectivity index (χ0) is 15.9. The van der Waals surface area contributed by atoms with Gasteiger partial charge in [0.25, 0.3) is 5.91 Å². The number of carbonyl (C=O) groups is 1. The van der Waals surface area contributed by atoms with Crippen molar-refractivity contribution in [2.24, 2.45) is 0 Å². The van der Waals surface area contributed by atoms with E-state index >= 15 is 0 Å². The van der Waals surface area contributed by atoms with Gasteiger partial charge in [-0.15, -0.1) is 0 Å². The van der Waals surface area contributed by atoms with Gasteiger partial charge in [-0.25, -0.2) is 4.39 Å². The van der Waals surface area contributed by atoms with Crippen LogP contribution in [0, 0.1) is 12.7 Å². The summed E-state index contributed by atoms with van der Waals surface area (Å²) in [6, 6.07) is 4.15. The first-order chi connectivity index (χ1) is 10.4. The van der Waals surface area contributed by atoms with Crippen LogP contribution < -0.4 is 10.6 Å². The maximum absolute atomic E-state index is 13.4. The summed E-state index contributed by atoms with van der Waals surface area (Å²) in [7, 11) is 0. The van der Waals surface area contributed by atoms with Crippen molar-refractivity contribution >= 4 is 16.8 Å². The maximum Gasteiger partial charge on any atom is 0.268 e. The first kappa shape index (κ1) is 15.0. The van der Waals surface area contributed by atoms with E-state index in [4.69, 9.17) is 0 Å². The number of rotatable bonds is 3. The minimum atomic E-state index is -0.927. The van der Waals surface area contributed by atoms with Crippen molar-refractivity contribution in [2.45, 2.75) is 31.9 Å². The molecular formula is C16H20FN3O2. The van der Waals surface area contributed by atoms with Crippen molar-refractivity contribution in [3.05, 3.63) is 35.3 Å². The monoisotopic (exact) mass is 305 g/mol. The molecule has 0 saturated carbocycles. The number of nitrogens with one attached hydrogen (secondary N) is 3. The van der Waals surface area contributed by atoms with E-state index in [1.54, 1.807) is 19.9 Å². The number of H-pyrrole nitrogens is 1. The molecule has 1 aromatic heterocycles. The van der Waals surface area contributed by atoms with Crippen LogP contribution >= 0.6 is 0 Å². The number of aromatic nitrogens is 1. The minimum absolute atomic E-state index is 0.302. The minimum Gasteiger partial charge on any atom is -0.386 e. The Hall–Kier alpha value is -1.92. The summed E-state index contributed by atoms with van der Waals surface area (Å²) in [5.74, 6) is -0.637. The van der Waals surface area contributed by atoms with Gasteiger partial charge in [-0.05, 0) is 50.6 Å². The van der Waals surface area contributed by atoms with E-state index in [9.17, 15) is 14.3 Å². The van der Waals surface area contributed by atoms with Gasteiger partial charge in [0.15, 0.2) is 0 Å². The van der Waals surface area contributed by atoms with Gasteiger partial charge in [0, 0.05) is 17.4 Å². The number of amides is 1. The zero-order valence-corrected chi connectivity index (χ0v) is 12.7. The number of aliphatic hydroxyl groups is 1. The standard InChI is InChI=1S/C16H20FN3O2/c1-9-5-11(17)6-13-12(9)7-14(20-13)15(21)19-10(2)16(22)3-4-18-8-16/h5-7,10,18,20,22H,3-4,8H2,1-2H3,(H,19,21). The Kier molecular flexibility index (Phi) is 3.66. The normalized spacial score (nSPS) is 22.9. The number of aromatic amines is 1. The van der Waals surface area contributed by atoms with Gasteiger partial charge in [0.05, 0.1) is 11.6 Å². The molecule has 2 atom stereocenters. The fourth-order valence-corrected chi connectivity index (χ4v) is 2.97. The molecule has 6 heteroatoms. The summed E-state index contributed by atoms with van der Waals surface area (Å²) in [6.45, 7) is 4.79. The van der Waals surface area contributed by atoms with Crippen molar-refractivity contribution in [3.8, 4) is 0 Å². The highest BCUT2D eigenvalue weighted by Crippen LogP contribution is 2.22. The van der Waals surface area contributed by atoms with Crippen molar-refractivity contribution in [1.82, 2.24) is 15.6 Å². The number of carbonyl (C=O) groups excluding carboxylic acids is 1. The molecule has 0 aliphatic carbocycles. The molecule has 0 bridgehead atoms. The van der Waals surface area contributed by atoms with Gasteiger partial charge in [0.2, 0.25) is 0 Å². The van der Waals surface area contributed by atoms with Gasteiger partial charge in [-0.2, -0.15) is 0 Å². The quantitative estimate of drug-likeness (QED) is 0.693. The third kappa shape index (κ3) is 2.60. The van der Waals surface area contributed by atoms with E-state index in [0.717, 1.165) is 17.5 Å². The number of hydrogen-bond donors (Lipinski definition) is 4. The Morgan fingerprint density at radius 2 is 2.23 bits per heavy atom. The largest absolute Gasteiger partial charge is 0.386 e. The lowest BCUT2D eigenvalue weighted by molar-refractivity contribution is 0.0256. The van der Waals surface area contributed by atoms with Crippen molar-refractivity contribution in [2.75, 3.05) is 13.1 Å². The Labute approximate surface area is 127 Å². The van der Waals surface area contributed by atoms with Crippen LogP contribution in [0.25, 0.3) is 10.9 Å². The van der Waals surface area contributed by atoms with Gasteiger partial charge in [-0.1, -0.05) is 0 Å². The molecule has 4 N–H and O–H groups in total. The summed E-state index contributed by atoms with van der Waals surface area (Å²) < 4.78 is 13.4. The van der Waals surface area contributed by atoms with E-state index < -0.39 is 5.60 Å². The highest BCUT2D eigenvalue weighted by atomic mass is 19.1. The third-order valence-corrected chi connectivity index (χ3v) is 4.47. The highest BCUT2D eigenvalue weighted by Gasteiger charge is 2.37. The Morgan fingerprint density at radius 3 is 2.91 bits per heavy atom. The average Bonchev–Trinajstić information content (AvgIpc) is 3.06. The summed E-state index contributed by atoms with van der Waals surface area (Å²) in [4.78, 5) is 15.3. The van der Waals surface area contributed by atoms with Crippen LogP contribution in [0.5, 0.6) is 0 Å². The molecule has 1 aromatic carbocycles. The van der Waals surface area contributed by atoms with Gasteiger partial charge >= 0.3 is 0 Å². The van der Waals surface area contributed by atoms with Crippen LogP contribution in [-0.2, 0) is 0 Å². The summed E-state index contributed by atoms with van der Waals surface area (Å²) >= 11 is 0. The number of benzene rings is 1. The molecule has 1 aliphatic heterocycles. The molecule has 5 nitrogen and oxygen atoms in total. The second-order valence-electron chi connectivity index (χ2n) is 6.09. The van der Waals surface area contributed by atoms with Crippen LogP contribution in [0.4, 0.5) is 4.39 Å². The first-order valence-electron chi connectivity index (χ1n) is 7.42. The van der Waals surface area contributed by atoms with Crippen LogP contribution in [-0.4, -0.2) is 40.7 Å². The van der Waals surface area contributed by atoms with Crippen molar-refractivity contribution < 1.29 is 14.3 Å². The molecule has 118 valence electrons. The number of aryl methyl sites for hydroxylation is 1. The van der Waals surface area contributed by atoms with Crippen LogP contribution in [0.3, 0.4) is 0 Å². The summed E-state index contributed by atoms with van der Waals surface area (Å²) in [5.41, 5.74) is 0.808. The lowest BCUT2D eigenvalue weighted by Gasteiger charge is -2.29. The topological polar surface area (TPSA) is 77.2 Å². The molecule has 1 amide bonds. The molecule has 0 spiro atoms. The van der Waals surface area contributed by atoms with E-state index in [-0.39, 0.29) is 17.8 Å². The Balaban J connectivity index is 1.82. The molecular weight excluding hydrogens is 285 g/mol. The molecule has 2 unspecified atom stereocenters. The molecule has 22 heavy (non-hydrogen) atoms. The second-order valence-corrected chi connectivity index (χ2v) is 6.09. The van der Waals surface area contributed by atoms with Gasteiger partial charge < -0.3 is 20.7 Å². The lowest BCUT2D eigenvalue weighted by atomic mass is 9.94. The fourth-order valence-electron chi connectivity index (χ4n) is 2.97. The molecule has 1 fully saturated rings. The smallest absolute Gasteiger partial charge is 0.268 e. The Morgan fingerprint density at radius 1 is 1.45 bits per heavy atom. The van der Waals surface area contributed by atoms with Crippen LogP contribution in [0.15, 0.2) is 18.2 Å². The van der Waals surface area contributed by atoms with Gasteiger partial charge in [0.1, 0.15) is 11.5 Å². The van der Waals surface area contributed by atoms with Crippen LogP contribution in [0.1, 0.15) is 29.4 Å². The van der Waals surface area contributed by atoms with Crippen LogP contribution in [0.2, 0.25) is 0 Å². The lowest BCUT2D eigenvalue weighted by Crippen LogP contribution is -2.52. The summed E-state index contributed by atoms with van der Waals surface area (Å²) in [5, 5.41) is 17.2. The predicted molar refractivity (Wildman–Crippen MR) is 82.4 cm³/mol. The van der Waals surface area contributed by atoms with E-state index in [1.165, 1.54) is 12.1 Å². The number of halogens is 1. The first-order valence-corrected chi connectivity index (χ1v) is 7.42. The third-order valence-electron chi connectivity index (χ3n) is 4.47. The van der Waals surface area contributed by atoms with E-state index in [1.807, 2.05) is 0 Å². The molecule has 1 aliphatic rings. The Bertz CT molecular complexity index is 719. The molecule has 1 saturated heterocycles. The van der Waals surface area contributed by atoms with Crippen molar-refractivity contribution in [3.63, 3.8) is 0 Å². The van der Waals surface area contributed by atoms with Gasteiger partial charge in [-0.3, -0.25) is 4.79 Å². The van der Waals surface area contributed by atoms with E-state index in [2.05, 4.69) is 15.6 Å².